The smallest absolute Gasteiger partial charge is 0.331 e. The van der Waals surface area contributed by atoms with E-state index in [0.29, 0.717) is 24.3 Å². The van der Waals surface area contributed by atoms with E-state index in [9.17, 15) is 18.8 Å². The fourth-order valence-corrected chi connectivity index (χ4v) is 2.54. The van der Waals surface area contributed by atoms with Crippen LogP contribution in [-0.4, -0.2) is 42.4 Å². The van der Waals surface area contributed by atoms with Crippen molar-refractivity contribution in [1.29, 1.82) is 0 Å². The van der Waals surface area contributed by atoms with Gasteiger partial charge in [0.1, 0.15) is 5.82 Å². The van der Waals surface area contributed by atoms with Gasteiger partial charge in [0.05, 0.1) is 0 Å². The average Bonchev–Trinajstić information content (AvgIpc) is 2.73. The maximum atomic E-state index is 13.5. The Hall–Kier alpha value is -3.48. The molecule has 0 spiro atoms. The van der Waals surface area contributed by atoms with E-state index >= 15 is 0 Å². The van der Waals surface area contributed by atoms with Crippen LogP contribution in [0.15, 0.2) is 54.6 Å². The van der Waals surface area contributed by atoms with E-state index in [4.69, 9.17) is 4.74 Å². The van der Waals surface area contributed by atoms with Crippen molar-refractivity contribution < 1.29 is 23.5 Å². The van der Waals surface area contributed by atoms with Crippen LogP contribution in [0.2, 0.25) is 0 Å². The van der Waals surface area contributed by atoms with Crippen LogP contribution in [0.3, 0.4) is 0 Å². The van der Waals surface area contributed by atoms with E-state index in [1.165, 1.54) is 18.2 Å². The fourth-order valence-electron chi connectivity index (χ4n) is 2.54. The third-order valence-electron chi connectivity index (χ3n) is 4.12. The van der Waals surface area contributed by atoms with Crippen molar-refractivity contribution >= 4 is 29.5 Å². The van der Waals surface area contributed by atoms with Gasteiger partial charge in [0.15, 0.2) is 6.61 Å². The van der Waals surface area contributed by atoms with Crippen LogP contribution in [0.5, 0.6) is 0 Å². The highest BCUT2D eigenvalue weighted by atomic mass is 19.1. The Morgan fingerprint density at radius 1 is 1.03 bits per heavy atom. The lowest BCUT2D eigenvalue weighted by atomic mass is 10.2. The number of benzene rings is 2. The lowest BCUT2D eigenvalue weighted by Crippen LogP contribution is -2.30. The number of carbonyl (C=O) groups excluding carboxylic acids is 3. The van der Waals surface area contributed by atoms with Gasteiger partial charge in [-0.2, -0.15) is 0 Å². The molecular formula is C22H23FN2O4. The summed E-state index contributed by atoms with van der Waals surface area (Å²) in [5.74, 6) is -1.83. The predicted octanol–water partition coefficient (Wildman–Crippen LogP) is 3.50. The molecule has 2 amide bonds. The van der Waals surface area contributed by atoms with E-state index < -0.39 is 24.3 Å². The van der Waals surface area contributed by atoms with Gasteiger partial charge in [-0.25, -0.2) is 9.18 Å². The SMILES string of the molecule is CCN(CC)C(=O)c1ccc(NC(=O)COC(=O)/C=C/c2ccccc2F)cc1. The molecule has 1 N–H and O–H groups in total. The second kappa shape index (κ2) is 10.8. The first-order chi connectivity index (χ1) is 13.9. The van der Waals surface area contributed by atoms with Crippen LogP contribution >= 0.6 is 0 Å². The molecule has 152 valence electrons. The number of anilines is 1. The molecule has 0 saturated carbocycles. The second-order valence-electron chi connectivity index (χ2n) is 6.07. The summed E-state index contributed by atoms with van der Waals surface area (Å²) in [6, 6.07) is 12.4. The molecule has 0 unspecified atom stereocenters. The number of amides is 2. The number of hydrogen-bond acceptors (Lipinski definition) is 4. The highest BCUT2D eigenvalue weighted by molar-refractivity contribution is 5.97. The summed E-state index contributed by atoms with van der Waals surface area (Å²) < 4.78 is 18.3. The number of esters is 1. The average molecular weight is 398 g/mol. The Morgan fingerprint density at radius 3 is 2.31 bits per heavy atom. The van der Waals surface area contributed by atoms with Crippen molar-refractivity contribution in [3.63, 3.8) is 0 Å². The molecule has 7 heteroatoms. The summed E-state index contributed by atoms with van der Waals surface area (Å²) in [6.45, 7) is 4.56. The molecule has 2 aromatic rings. The zero-order chi connectivity index (χ0) is 21.2. The number of rotatable bonds is 8. The van der Waals surface area contributed by atoms with Gasteiger partial charge in [-0.15, -0.1) is 0 Å². The zero-order valence-electron chi connectivity index (χ0n) is 16.4. The Labute approximate surface area is 169 Å². The van der Waals surface area contributed by atoms with Gasteiger partial charge in [-0.3, -0.25) is 9.59 Å². The topological polar surface area (TPSA) is 75.7 Å². The molecule has 0 radical (unpaired) electrons. The quantitative estimate of drug-likeness (QED) is 0.545. The van der Waals surface area contributed by atoms with E-state index in [1.807, 2.05) is 13.8 Å². The molecule has 0 bridgehead atoms. The Bertz CT molecular complexity index is 890. The normalized spacial score (nSPS) is 10.6. The first-order valence-electron chi connectivity index (χ1n) is 9.23. The summed E-state index contributed by atoms with van der Waals surface area (Å²) >= 11 is 0. The third-order valence-corrected chi connectivity index (χ3v) is 4.12. The third kappa shape index (κ3) is 6.57. The molecule has 2 rings (SSSR count). The van der Waals surface area contributed by atoms with Crippen molar-refractivity contribution in [2.45, 2.75) is 13.8 Å². The summed E-state index contributed by atoms with van der Waals surface area (Å²) in [4.78, 5) is 37.5. The maximum Gasteiger partial charge on any atom is 0.331 e. The van der Waals surface area contributed by atoms with Crippen molar-refractivity contribution in [3.8, 4) is 0 Å². The number of hydrogen-bond donors (Lipinski definition) is 1. The van der Waals surface area contributed by atoms with Gasteiger partial charge in [-0.1, -0.05) is 18.2 Å². The molecule has 0 aliphatic rings. The Morgan fingerprint density at radius 2 is 1.69 bits per heavy atom. The number of nitrogens with one attached hydrogen (secondary N) is 1. The van der Waals surface area contributed by atoms with Gasteiger partial charge in [-0.05, 0) is 50.3 Å². The molecule has 0 atom stereocenters. The molecule has 2 aromatic carbocycles. The van der Waals surface area contributed by atoms with Gasteiger partial charge >= 0.3 is 5.97 Å². The van der Waals surface area contributed by atoms with Crippen molar-refractivity contribution in [3.05, 3.63) is 71.6 Å². The van der Waals surface area contributed by atoms with Crippen molar-refractivity contribution in [2.24, 2.45) is 0 Å². The van der Waals surface area contributed by atoms with E-state index in [0.717, 1.165) is 6.08 Å². The molecule has 0 aliphatic heterocycles. The largest absolute Gasteiger partial charge is 0.452 e. The second-order valence-corrected chi connectivity index (χ2v) is 6.07. The number of nitrogens with zero attached hydrogens (tertiary/aromatic N) is 1. The first kappa shape index (κ1) is 21.8. The highest BCUT2D eigenvalue weighted by Gasteiger charge is 2.12. The van der Waals surface area contributed by atoms with E-state index in [1.54, 1.807) is 41.3 Å². The van der Waals surface area contributed by atoms with Gasteiger partial charge in [0, 0.05) is 36.0 Å². The first-order valence-corrected chi connectivity index (χ1v) is 9.23. The number of carbonyl (C=O) groups is 3. The molecule has 0 saturated heterocycles. The van der Waals surface area contributed by atoms with Crippen LogP contribution in [0.25, 0.3) is 6.08 Å². The zero-order valence-corrected chi connectivity index (χ0v) is 16.4. The summed E-state index contributed by atoms with van der Waals surface area (Å²) in [6.07, 6.45) is 2.33. The van der Waals surface area contributed by atoms with E-state index in [-0.39, 0.29) is 11.5 Å². The molecule has 0 heterocycles. The summed E-state index contributed by atoms with van der Waals surface area (Å²) in [5.41, 5.74) is 1.24. The summed E-state index contributed by atoms with van der Waals surface area (Å²) in [5, 5.41) is 2.58. The minimum Gasteiger partial charge on any atom is -0.452 e. The highest BCUT2D eigenvalue weighted by Crippen LogP contribution is 2.12. The lowest BCUT2D eigenvalue weighted by molar-refractivity contribution is -0.142. The molecule has 29 heavy (non-hydrogen) atoms. The van der Waals surface area contributed by atoms with Crippen LogP contribution < -0.4 is 5.32 Å². The van der Waals surface area contributed by atoms with Crippen LogP contribution in [-0.2, 0) is 14.3 Å². The lowest BCUT2D eigenvalue weighted by Gasteiger charge is -2.18. The van der Waals surface area contributed by atoms with E-state index in [2.05, 4.69) is 5.32 Å². The van der Waals surface area contributed by atoms with Crippen molar-refractivity contribution in [1.82, 2.24) is 4.90 Å². The minimum atomic E-state index is -0.761. The molecule has 0 aliphatic carbocycles. The van der Waals surface area contributed by atoms with Crippen LogP contribution in [0, 0.1) is 5.82 Å². The standard InChI is InChI=1S/C22H23FN2O4/c1-3-25(4-2)22(28)17-9-12-18(13-10-17)24-20(26)15-29-21(27)14-11-16-7-5-6-8-19(16)23/h5-14H,3-4,15H2,1-2H3,(H,24,26)/b14-11+. The van der Waals surface area contributed by atoms with Gasteiger partial charge in [0.25, 0.3) is 11.8 Å². The van der Waals surface area contributed by atoms with Gasteiger partial charge in [0.2, 0.25) is 0 Å². The fraction of sp³-hybridized carbons (Fsp3) is 0.227. The Balaban J connectivity index is 1.84. The van der Waals surface area contributed by atoms with Crippen LogP contribution in [0.4, 0.5) is 10.1 Å². The molecule has 0 aromatic heterocycles. The predicted molar refractivity (Wildman–Crippen MR) is 109 cm³/mol. The molecule has 0 fully saturated rings. The monoisotopic (exact) mass is 398 g/mol. The minimum absolute atomic E-state index is 0.0801. The molecular weight excluding hydrogens is 375 g/mol. The van der Waals surface area contributed by atoms with Crippen LogP contribution in [0.1, 0.15) is 29.8 Å². The number of halogens is 1. The molecule has 6 nitrogen and oxygen atoms in total. The summed E-state index contributed by atoms with van der Waals surface area (Å²) in [7, 11) is 0. The maximum absolute atomic E-state index is 13.5. The Kier molecular flexibility index (Phi) is 8.09. The van der Waals surface area contributed by atoms with Gasteiger partial charge < -0.3 is 15.0 Å². The number of ether oxygens (including phenoxy) is 1. The van der Waals surface area contributed by atoms with Crippen molar-refractivity contribution in [2.75, 3.05) is 25.0 Å².